The van der Waals surface area contributed by atoms with E-state index in [0.717, 1.165) is 43.8 Å². The molecule has 1 N–H and O–H groups in total. The summed E-state index contributed by atoms with van der Waals surface area (Å²) in [6.45, 7) is 10.7. The maximum absolute atomic E-state index is 12.6. The summed E-state index contributed by atoms with van der Waals surface area (Å²) >= 11 is 0. The number of carbonyl (C=O) groups is 1. The van der Waals surface area contributed by atoms with Crippen LogP contribution in [0.5, 0.6) is 0 Å². The van der Waals surface area contributed by atoms with Gasteiger partial charge in [-0.25, -0.2) is 4.98 Å². The summed E-state index contributed by atoms with van der Waals surface area (Å²) in [6.07, 6.45) is 3.33. The molecule has 0 saturated carbocycles. The first-order chi connectivity index (χ1) is 12.7. The van der Waals surface area contributed by atoms with Gasteiger partial charge in [0.05, 0.1) is 22.8 Å². The van der Waals surface area contributed by atoms with E-state index in [9.17, 15) is 4.79 Å². The van der Waals surface area contributed by atoms with Crippen LogP contribution in [0.25, 0.3) is 11.0 Å². The van der Waals surface area contributed by atoms with Crippen molar-refractivity contribution in [2.75, 3.05) is 25.0 Å². The van der Waals surface area contributed by atoms with E-state index in [1.54, 1.807) is 17.1 Å². The summed E-state index contributed by atoms with van der Waals surface area (Å²) in [5, 5.41) is 7.12. The molecule has 0 saturated heterocycles. The van der Waals surface area contributed by atoms with Gasteiger partial charge in [0.1, 0.15) is 0 Å². The second kappa shape index (κ2) is 8.14. The van der Waals surface area contributed by atoms with E-state index in [1.165, 1.54) is 0 Å². The van der Waals surface area contributed by atoms with Gasteiger partial charge in [-0.3, -0.25) is 14.8 Å². The summed E-state index contributed by atoms with van der Waals surface area (Å²) < 4.78 is 3.81. The third-order valence-electron chi connectivity index (χ3n) is 4.63. The SMILES string of the molecule is CCN(CC)CCn1c(NC(=O)c2cnn(CC)c2)nc2ccccc21. The second-order valence-electron chi connectivity index (χ2n) is 6.14. The third kappa shape index (κ3) is 3.77. The summed E-state index contributed by atoms with van der Waals surface area (Å²) in [5.41, 5.74) is 2.44. The molecule has 0 aliphatic heterocycles. The van der Waals surface area contributed by atoms with Crippen LogP contribution in [0.1, 0.15) is 31.1 Å². The van der Waals surface area contributed by atoms with Gasteiger partial charge in [0, 0.05) is 25.8 Å². The maximum atomic E-state index is 12.6. The molecular formula is C19H26N6O. The van der Waals surface area contributed by atoms with Gasteiger partial charge in [-0.05, 0) is 32.1 Å². The van der Waals surface area contributed by atoms with Gasteiger partial charge in [0.25, 0.3) is 5.91 Å². The number of carbonyl (C=O) groups excluding carboxylic acids is 1. The Bertz CT molecular complexity index is 877. The molecule has 1 amide bonds. The molecule has 0 radical (unpaired) electrons. The average molecular weight is 354 g/mol. The molecule has 7 nitrogen and oxygen atoms in total. The molecule has 0 aliphatic carbocycles. The van der Waals surface area contributed by atoms with Gasteiger partial charge in [0.15, 0.2) is 0 Å². The lowest BCUT2D eigenvalue weighted by Gasteiger charge is -2.19. The molecule has 0 unspecified atom stereocenters. The highest BCUT2D eigenvalue weighted by molar-refractivity contribution is 6.03. The number of benzene rings is 1. The smallest absolute Gasteiger partial charge is 0.261 e. The number of amides is 1. The Morgan fingerprint density at radius 3 is 2.65 bits per heavy atom. The fourth-order valence-corrected chi connectivity index (χ4v) is 3.01. The Morgan fingerprint density at radius 2 is 1.96 bits per heavy atom. The number of nitrogens with one attached hydrogen (secondary N) is 1. The number of hydrogen-bond donors (Lipinski definition) is 1. The lowest BCUT2D eigenvalue weighted by Crippen LogP contribution is -2.27. The Morgan fingerprint density at radius 1 is 1.19 bits per heavy atom. The van der Waals surface area contributed by atoms with Crippen LogP contribution in [-0.4, -0.2) is 49.8 Å². The van der Waals surface area contributed by atoms with Crippen LogP contribution in [0.15, 0.2) is 36.7 Å². The molecule has 1 aromatic carbocycles. The quantitative estimate of drug-likeness (QED) is 0.675. The van der Waals surface area contributed by atoms with Crippen LogP contribution >= 0.6 is 0 Å². The fraction of sp³-hybridized carbons (Fsp3) is 0.421. The van der Waals surface area contributed by atoms with Gasteiger partial charge in [0.2, 0.25) is 5.95 Å². The Kier molecular flexibility index (Phi) is 5.68. The van der Waals surface area contributed by atoms with Crippen molar-refractivity contribution in [1.29, 1.82) is 0 Å². The van der Waals surface area contributed by atoms with E-state index >= 15 is 0 Å². The average Bonchev–Trinajstić information content (AvgIpc) is 3.27. The normalized spacial score (nSPS) is 11.4. The van der Waals surface area contributed by atoms with Gasteiger partial charge in [-0.15, -0.1) is 0 Å². The summed E-state index contributed by atoms with van der Waals surface area (Å²) in [4.78, 5) is 19.6. The molecule has 2 aromatic heterocycles. The number of nitrogens with zero attached hydrogens (tertiary/aromatic N) is 5. The van der Waals surface area contributed by atoms with E-state index in [4.69, 9.17) is 0 Å². The van der Waals surface area contributed by atoms with Crippen molar-refractivity contribution in [2.24, 2.45) is 0 Å². The molecule has 3 aromatic rings. The Hall–Kier alpha value is -2.67. The molecule has 0 aliphatic rings. The highest BCUT2D eigenvalue weighted by Gasteiger charge is 2.16. The van der Waals surface area contributed by atoms with Gasteiger partial charge >= 0.3 is 0 Å². The summed E-state index contributed by atoms with van der Waals surface area (Å²) in [5.74, 6) is 0.386. The highest BCUT2D eigenvalue weighted by Crippen LogP contribution is 2.20. The van der Waals surface area contributed by atoms with E-state index in [1.807, 2.05) is 31.2 Å². The molecule has 0 fully saturated rings. The summed E-state index contributed by atoms with van der Waals surface area (Å²) in [7, 11) is 0. The van der Waals surface area contributed by atoms with Crippen molar-refractivity contribution in [3.8, 4) is 0 Å². The molecule has 0 atom stereocenters. The van der Waals surface area contributed by atoms with Crippen molar-refractivity contribution in [2.45, 2.75) is 33.9 Å². The van der Waals surface area contributed by atoms with Crippen molar-refractivity contribution < 1.29 is 4.79 Å². The van der Waals surface area contributed by atoms with Crippen LogP contribution < -0.4 is 5.32 Å². The molecular weight excluding hydrogens is 328 g/mol. The number of aryl methyl sites for hydroxylation is 1. The van der Waals surface area contributed by atoms with Gasteiger partial charge < -0.3 is 9.47 Å². The van der Waals surface area contributed by atoms with E-state index in [0.29, 0.717) is 11.5 Å². The zero-order valence-corrected chi connectivity index (χ0v) is 15.6. The summed E-state index contributed by atoms with van der Waals surface area (Å²) in [6, 6.07) is 7.96. The lowest BCUT2D eigenvalue weighted by molar-refractivity contribution is 0.102. The number of likely N-dealkylation sites (N-methyl/N-ethyl adjacent to an activating group) is 1. The van der Waals surface area contributed by atoms with Crippen LogP contribution in [0.3, 0.4) is 0 Å². The standard InChI is InChI=1S/C19H26N6O/c1-4-23(5-2)11-12-25-17-10-8-7-9-16(17)21-19(25)22-18(26)15-13-20-24(6-3)14-15/h7-10,13-14H,4-6,11-12H2,1-3H3,(H,21,22,26). The fourth-order valence-electron chi connectivity index (χ4n) is 3.01. The minimum absolute atomic E-state index is 0.191. The molecule has 3 rings (SSSR count). The van der Waals surface area contributed by atoms with Crippen LogP contribution in [0.4, 0.5) is 5.95 Å². The van der Waals surface area contributed by atoms with Gasteiger partial charge in [-0.2, -0.15) is 5.10 Å². The van der Waals surface area contributed by atoms with E-state index in [2.05, 4.69) is 38.7 Å². The van der Waals surface area contributed by atoms with E-state index < -0.39 is 0 Å². The second-order valence-corrected chi connectivity index (χ2v) is 6.14. The number of hydrogen-bond acceptors (Lipinski definition) is 4. The van der Waals surface area contributed by atoms with Crippen molar-refractivity contribution >= 4 is 22.9 Å². The first-order valence-corrected chi connectivity index (χ1v) is 9.17. The lowest BCUT2D eigenvalue weighted by atomic mass is 10.3. The largest absolute Gasteiger partial charge is 0.309 e. The highest BCUT2D eigenvalue weighted by atomic mass is 16.1. The number of imidazole rings is 1. The van der Waals surface area contributed by atoms with Crippen molar-refractivity contribution in [3.05, 3.63) is 42.2 Å². The third-order valence-corrected chi connectivity index (χ3v) is 4.63. The first-order valence-electron chi connectivity index (χ1n) is 9.17. The zero-order chi connectivity index (χ0) is 18.5. The van der Waals surface area contributed by atoms with Crippen LogP contribution in [0, 0.1) is 0 Å². The maximum Gasteiger partial charge on any atom is 0.261 e. The molecule has 0 spiro atoms. The minimum Gasteiger partial charge on any atom is -0.309 e. The number of rotatable bonds is 8. The van der Waals surface area contributed by atoms with Crippen molar-refractivity contribution in [1.82, 2.24) is 24.2 Å². The Balaban J connectivity index is 1.86. The van der Waals surface area contributed by atoms with E-state index in [-0.39, 0.29) is 5.91 Å². The Labute approximate surface area is 153 Å². The molecule has 0 bridgehead atoms. The molecule has 2 heterocycles. The first kappa shape index (κ1) is 18.1. The number of fused-ring (bicyclic) bond motifs is 1. The number of para-hydroxylation sites is 2. The molecule has 138 valence electrons. The topological polar surface area (TPSA) is 68.0 Å². The van der Waals surface area contributed by atoms with Gasteiger partial charge in [-0.1, -0.05) is 26.0 Å². The predicted octanol–water partition coefficient (Wildman–Crippen LogP) is 2.85. The molecule has 7 heteroatoms. The van der Waals surface area contributed by atoms with Crippen molar-refractivity contribution in [3.63, 3.8) is 0 Å². The number of aromatic nitrogens is 4. The monoisotopic (exact) mass is 354 g/mol. The predicted molar refractivity (Wildman–Crippen MR) is 103 cm³/mol. The van der Waals surface area contributed by atoms with Crippen LogP contribution in [-0.2, 0) is 13.1 Å². The minimum atomic E-state index is -0.191. The van der Waals surface area contributed by atoms with Crippen LogP contribution in [0.2, 0.25) is 0 Å². The zero-order valence-electron chi connectivity index (χ0n) is 15.6. The number of anilines is 1. The molecule has 26 heavy (non-hydrogen) atoms.